The lowest BCUT2D eigenvalue weighted by atomic mass is 10.5. The first-order valence-electron chi connectivity index (χ1n) is 2.37. The van der Waals surface area contributed by atoms with Gasteiger partial charge in [-0.1, -0.05) is 5.16 Å². The Morgan fingerprint density at radius 3 is 3.00 bits per heavy atom. The average molecular weight is 123 g/mol. The van der Waals surface area contributed by atoms with Crippen molar-refractivity contribution in [3.63, 3.8) is 0 Å². The maximum atomic E-state index is 8.02. The van der Waals surface area contributed by atoms with Crippen LogP contribution in [0.1, 0.15) is 5.69 Å². The van der Waals surface area contributed by atoms with Gasteiger partial charge in [0, 0.05) is 12.4 Å². The lowest BCUT2D eigenvalue weighted by Crippen LogP contribution is -1.85. The molecule has 0 aliphatic rings. The van der Waals surface area contributed by atoms with E-state index < -0.39 is 0 Å². The van der Waals surface area contributed by atoms with Crippen LogP contribution in [0.2, 0.25) is 0 Å². The van der Waals surface area contributed by atoms with Crippen LogP contribution in [0.5, 0.6) is 0 Å². The number of aromatic nitrogens is 2. The third-order valence-electron chi connectivity index (χ3n) is 0.773. The van der Waals surface area contributed by atoms with Gasteiger partial charge in [-0.15, -0.1) is 0 Å². The Hall–Kier alpha value is -1.45. The summed E-state index contributed by atoms with van der Waals surface area (Å²) in [5, 5.41) is 10.8. The molecule has 1 rings (SSSR count). The van der Waals surface area contributed by atoms with E-state index in [1.165, 1.54) is 18.6 Å². The summed E-state index contributed by atoms with van der Waals surface area (Å²) in [6.07, 6.45) is 5.79. The highest BCUT2D eigenvalue weighted by Gasteiger charge is 1.82. The number of oxime groups is 1. The highest BCUT2D eigenvalue weighted by atomic mass is 16.4. The minimum Gasteiger partial charge on any atom is -0.411 e. The highest BCUT2D eigenvalue weighted by Crippen LogP contribution is 1.82. The molecule has 1 N–H and O–H groups in total. The second kappa shape index (κ2) is 2.76. The quantitative estimate of drug-likeness (QED) is 0.331. The Bertz CT molecular complexity index is 197. The first kappa shape index (κ1) is 5.68. The van der Waals surface area contributed by atoms with E-state index in [2.05, 4.69) is 15.1 Å². The first-order chi connectivity index (χ1) is 4.43. The lowest BCUT2D eigenvalue weighted by molar-refractivity contribution is 0.321. The fourth-order valence-corrected chi connectivity index (χ4v) is 0.436. The van der Waals surface area contributed by atoms with Crippen LogP contribution >= 0.6 is 0 Å². The minimum atomic E-state index is 0.542. The maximum Gasteiger partial charge on any atom is 0.103 e. The molecule has 1 heterocycles. The van der Waals surface area contributed by atoms with E-state index in [1.807, 2.05) is 0 Å². The Morgan fingerprint density at radius 1 is 1.56 bits per heavy atom. The molecule has 0 saturated heterocycles. The molecule has 0 aliphatic carbocycles. The van der Waals surface area contributed by atoms with Crippen molar-refractivity contribution in [1.82, 2.24) is 9.97 Å². The van der Waals surface area contributed by atoms with Crippen molar-refractivity contribution in [3.8, 4) is 0 Å². The molecular weight excluding hydrogens is 118 g/mol. The van der Waals surface area contributed by atoms with Crippen LogP contribution in [0.15, 0.2) is 23.7 Å². The summed E-state index contributed by atoms with van der Waals surface area (Å²) in [6.45, 7) is 0. The van der Waals surface area contributed by atoms with E-state index in [0.29, 0.717) is 5.69 Å². The average Bonchev–Trinajstić information content (AvgIpc) is 1.91. The van der Waals surface area contributed by atoms with Gasteiger partial charge in [-0.05, 0) is 0 Å². The number of rotatable bonds is 1. The summed E-state index contributed by atoms with van der Waals surface area (Å²) < 4.78 is 0. The van der Waals surface area contributed by atoms with Gasteiger partial charge in [0.1, 0.15) is 5.69 Å². The summed E-state index contributed by atoms with van der Waals surface area (Å²) >= 11 is 0. The molecule has 0 bridgehead atoms. The number of hydrogen-bond acceptors (Lipinski definition) is 4. The van der Waals surface area contributed by atoms with Gasteiger partial charge in [0.15, 0.2) is 0 Å². The molecule has 4 heteroatoms. The second-order valence-electron chi connectivity index (χ2n) is 1.37. The van der Waals surface area contributed by atoms with Crippen molar-refractivity contribution in [2.24, 2.45) is 5.16 Å². The molecule has 9 heavy (non-hydrogen) atoms. The van der Waals surface area contributed by atoms with Gasteiger partial charge < -0.3 is 5.21 Å². The Morgan fingerprint density at radius 2 is 2.44 bits per heavy atom. The summed E-state index contributed by atoms with van der Waals surface area (Å²) in [6, 6.07) is 0. The van der Waals surface area contributed by atoms with Crippen molar-refractivity contribution in [3.05, 3.63) is 24.3 Å². The van der Waals surface area contributed by atoms with Crippen LogP contribution in [0.25, 0.3) is 0 Å². The summed E-state index contributed by atoms with van der Waals surface area (Å²) in [4.78, 5) is 7.54. The molecule has 0 spiro atoms. The van der Waals surface area contributed by atoms with E-state index in [9.17, 15) is 0 Å². The van der Waals surface area contributed by atoms with Gasteiger partial charge in [-0.3, -0.25) is 9.97 Å². The second-order valence-corrected chi connectivity index (χ2v) is 1.37. The van der Waals surface area contributed by atoms with Crippen molar-refractivity contribution >= 4 is 6.21 Å². The SMILES string of the molecule is O/N=C/c1cnccn1. The van der Waals surface area contributed by atoms with Crippen molar-refractivity contribution in [2.45, 2.75) is 0 Å². The molecule has 4 nitrogen and oxygen atoms in total. The fraction of sp³-hybridized carbons (Fsp3) is 0. The Kier molecular flexibility index (Phi) is 1.74. The maximum absolute atomic E-state index is 8.02. The van der Waals surface area contributed by atoms with Gasteiger partial charge in [0.25, 0.3) is 0 Å². The van der Waals surface area contributed by atoms with Gasteiger partial charge in [-0.25, -0.2) is 0 Å². The molecule has 0 aliphatic heterocycles. The molecular formula is C5H5N3O. The lowest BCUT2D eigenvalue weighted by Gasteiger charge is -1.83. The normalized spacial score (nSPS) is 10.2. The van der Waals surface area contributed by atoms with Gasteiger partial charge in [-0.2, -0.15) is 0 Å². The topological polar surface area (TPSA) is 58.4 Å². The monoisotopic (exact) mass is 123 g/mol. The van der Waals surface area contributed by atoms with E-state index in [0.717, 1.165) is 0 Å². The third-order valence-corrected chi connectivity index (χ3v) is 0.773. The first-order valence-corrected chi connectivity index (χ1v) is 2.37. The van der Waals surface area contributed by atoms with Gasteiger partial charge >= 0.3 is 0 Å². The molecule has 0 unspecified atom stereocenters. The summed E-state index contributed by atoms with van der Waals surface area (Å²) in [5.74, 6) is 0. The Labute approximate surface area is 51.9 Å². The van der Waals surface area contributed by atoms with Crippen molar-refractivity contribution < 1.29 is 5.21 Å². The highest BCUT2D eigenvalue weighted by molar-refractivity contribution is 5.75. The van der Waals surface area contributed by atoms with E-state index in [1.54, 1.807) is 6.20 Å². The number of nitrogens with zero attached hydrogens (tertiary/aromatic N) is 3. The molecule has 0 radical (unpaired) electrons. The van der Waals surface area contributed by atoms with E-state index >= 15 is 0 Å². The van der Waals surface area contributed by atoms with Crippen LogP contribution in [0.3, 0.4) is 0 Å². The molecule has 1 aromatic rings. The van der Waals surface area contributed by atoms with Crippen LogP contribution in [0, 0.1) is 0 Å². The molecule has 0 atom stereocenters. The van der Waals surface area contributed by atoms with E-state index in [4.69, 9.17) is 5.21 Å². The molecule has 0 fully saturated rings. The fourth-order valence-electron chi connectivity index (χ4n) is 0.436. The Balaban J connectivity index is 2.85. The minimum absolute atomic E-state index is 0.542. The zero-order valence-electron chi connectivity index (χ0n) is 4.60. The smallest absolute Gasteiger partial charge is 0.103 e. The molecule has 0 amide bonds. The third kappa shape index (κ3) is 1.49. The predicted octanol–water partition coefficient (Wildman–Crippen LogP) is 0.285. The zero-order valence-corrected chi connectivity index (χ0v) is 4.60. The summed E-state index contributed by atoms with van der Waals surface area (Å²) in [5.41, 5.74) is 0.542. The summed E-state index contributed by atoms with van der Waals surface area (Å²) in [7, 11) is 0. The molecule has 0 aromatic carbocycles. The standard InChI is InChI=1S/C5H5N3O/c9-8-4-5-3-6-1-2-7-5/h1-4,9H/b8-4+. The van der Waals surface area contributed by atoms with Crippen LogP contribution in [-0.4, -0.2) is 21.4 Å². The molecule has 0 saturated carbocycles. The van der Waals surface area contributed by atoms with Crippen LogP contribution < -0.4 is 0 Å². The van der Waals surface area contributed by atoms with Gasteiger partial charge in [0.05, 0.1) is 12.4 Å². The van der Waals surface area contributed by atoms with Crippen LogP contribution in [0.4, 0.5) is 0 Å². The molecule has 46 valence electrons. The van der Waals surface area contributed by atoms with Gasteiger partial charge in [0.2, 0.25) is 0 Å². The van der Waals surface area contributed by atoms with Crippen LogP contribution in [-0.2, 0) is 0 Å². The largest absolute Gasteiger partial charge is 0.411 e. The number of hydrogen-bond donors (Lipinski definition) is 1. The zero-order chi connectivity index (χ0) is 6.53. The van der Waals surface area contributed by atoms with Crippen molar-refractivity contribution in [2.75, 3.05) is 0 Å². The molecule has 1 aromatic heterocycles. The van der Waals surface area contributed by atoms with E-state index in [-0.39, 0.29) is 0 Å². The van der Waals surface area contributed by atoms with Crippen molar-refractivity contribution in [1.29, 1.82) is 0 Å². The predicted molar refractivity (Wildman–Crippen MR) is 31.4 cm³/mol.